The molecule has 5 heteroatoms. The largest absolute Gasteiger partial charge is 0.458 e. The zero-order valence-electron chi connectivity index (χ0n) is 24.0. The molecule has 1 saturated heterocycles. The molecule has 1 N–H and O–H groups in total. The molecule has 0 aromatic carbocycles. The van der Waals surface area contributed by atoms with E-state index in [-0.39, 0.29) is 41.2 Å². The molecule has 6 rings (SSSR count). The first-order valence-corrected chi connectivity index (χ1v) is 15.4. The molecule has 0 aromatic heterocycles. The predicted octanol–water partition coefficient (Wildman–Crippen LogP) is 6.28. The molecule has 37 heavy (non-hydrogen) atoms. The van der Waals surface area contributed by atoms with Gasteiger partial charge >= 0.3 is 5.97 Å². The number of esters is 1. The minimum Gasteiger partial charge on any atom is -0.458 e. The normalized spacial score (nSPS) is 55.6. The molecule has 7 unspecified atom stereocenters. The summed E-state index contributed by atoms with van der Waals surface area (Å²) >= 11 is 0. The van der Waals surface area contributed by atoms with Crippen LogP contribution in [0, 0.1) is 52.3 Å². The Morgan fingerprint density at radius 2 is 1.70 bits per heavy atom. The first kappa shape index (κ1) is 26.3. The maximum atomic E-state index is 12.4. The van der Waals surface area contributed by atoms with Crippen molar-refractivity contribution in [2.75, 3.05) is 6.61 Å². The topological polar surface area (TPSA) is 65.0 Å². The van der Waals surface area contributed by atoms with Gasteiger partial charge in [0.1, 0.15) is 6.61 Å². The van der Waals surface area contributed by atoms with Crippen molar-refractivity contribution >= 4 is 5.97 Å². The lowest BCUT2D eigenvalue weighted by Crippen LogP contribution is -2.62. The van der Waals surface area contributed by atoms with Gasteiger partial charge in [-0.25, -0.2) is 4.79 Å². The van der Waals surface area contributed by atoms with E-state index in [0.29, 0.717) is 42.1 Å². The average molecular weight is 515 g/mol. The molecule has 2 aliphatic heterocycles. The molecule has 5 fully saturated rings. The summed E-state index contributed by atoms with van der Waals surface area (Å²) in [7, 11) is 0. The highest BCUT2D eigenvalue weighted by atomic mass is 16.7. The highest BCUT2D eigenvalue weighted by molar-refractivity contribution is 5.85. The molecule has 0 aromatic rings. The molecular formula is C32H50O5. The first-order valence-electron chi connectivity index (χ1n) is 15.4. The summed E-state index contributed by atoms with van der Waals surface area (Å²) in [4.78, 5) is 11.8. The van der Waals surface area contributed by atoms with Gasteiger partial charge < -0.3 is 19.3 Å². The zero-order valence-corrected chi connectivity index (χ0v) is 24.0. The molecular weight excluding hydrogens is 464 g/mol. The van der Waals surface area contributed by atoms with Crippen LogP contribution < -0.4 is 0 Å². The van der Waals surface area contributed by atoms with Crippen LogP contribution in [0.15, 0.2) is 11.6 Å². The Kier molecular flexibility index (Phi) is 6.44. The standard InChI is InChI=1S/C32H50O5/c1-18-19(2)21(4)36-29(20(18)3)37-24-9-12-30(5)23(16-24)7-8-27-26(30)10-13-31(6)25(11-14-32(27,31)34)22-15-28(33)35-17-22/h15,18-21,23-27,29,34H,7-14,16-17H2,1-6H3/t18?,19-,20+,21?,23-,24+,25-,26?,27?,29?,30?,31?,32+/m1/s1. The van der Waals surface area contributed by atoms with Crippen molar-refractivity contribution in [3.8, 4) is 0 Å². The van der Waals surface area contributed by atoms with Crippen molar-refractivity contribution in [1.82, 2.24) is 0 Å². The third kappa shape index (κ3) is 3.84. The summed E-state index contributed by atoms with van der Waals surface area (Å²) in [5.41, 5.74) is 0.605. The van der Waals surface area contributed by atoms with Crippen LogP contribution in [0.1, 0.15) is 99.3 Å². The summed E-state index contributed by atoms with van der Waals surface area (Å²) in [6.45, 7) is 14.4. The van der Waals surface area contributed by atoms with Crippen molar-refractivity contribution in [2.45, 2.75) is 123 Å². The fourth-order valence-electron chi connectivity index (χ4n) is 10.5. The Morgan fingerprint density at radius 3 is 2.43 bits per heavy atom. The predicted molar refractivity (Wildman–Crippen MR) is 142 cm³/mol. The molecule has 0 radical (unpaired) electrons. The van der Waals surface area contributed by atoms with E-state index in [0.717, 1.165) is 44.1 Å². The van der Waals surface area contributed by atoms with E-state index in [4.69, 9.17) is 14.2 Å². The third-order valence-corrected chi connectivity index (χ3v) is 13.4. The van der Waals surface area contributed by atoms with E-state index >= 15 is 0 Å². The first-order chi connectivity index (χ1) is 17.5. The molecule has 13 atom stereocenters. The Hall–Kier alpha value is -0.910. The van der Waals surface area contributed by atoms with Crippen molar-refractivity contribution in [3.63, 3.8) is 0 Å². The van der Waals surface area contributed by atoms with Crippen LogP contribution in [-0.4, -0.2) is 41.8 Å². The average Bonchev–Trinajstić information content (AvgIpc) is 3.41. The van der Waals surface area contributed by atoms with Crippen LogP contribution in [0.25, 0.3) is 0 Å². The zero-order chi connectivity index (χ0) is 26.3. The van der Waals surface area contributed by atoms with Gasteiger partial charge in [0.2, 0.25) is 0 Å². The molecule has 4 aliphatic carbocycles. The lowest BCUT2D eigenvalue weighted by molar-refractivity contribution is -0.272. The molecule has 208 valence electrons. The van der Waals surface area contributed by atoms with E-state index in [1.54, 1.807) is 6.08 Å². The number of rotatable bonds is 3. The summed E-state index contributed by atoms with van der Waals surface area (Å²) in [6, 6.07) is 0. The minimum atomic E-state index is -0.636. The van der Waals surface area contributed by atoms with Crippen molar-refractivity contribution in [2.24, 2.45) is 52.3 Å². The lowest BCUT2D eigenvalue weighted by Gasteiger charge is -2.64. The molecule has 0 bridgehead atoms. The highest BCUT2D eigenvalue weighted by Crippen LogP contribution is 2.70. The van der Waals surface area contributed by atoms with Gasteiger partial charge in [0.15, 0.2) is 6.29 Å². The molecule has 4 saturated carbocycles. The van der Waals surface area contributed by atoms with E-state index < -0.39 is 5.60 Å². The monoisotopic (exact) mass is 514 g/mol. The van der Waals surface area contributed by atoms with Gasteiger partial charge in [-0.15, -0.1) is 0 Å². The van der Waals surface area contributed by atoms with Crippen molar-refractivity contribution in [3.05, 3.63) is 11.6 Å². The molecule has 5 nitrogen and oxygen atoms in total. The molecule has 6 aliphatic rings. The Labute approximate surface area is 224 Å². The summed E-state index contributed by atoms with van der Waals surface area (Å²) in [6.07, 6.45) is 12.0. The van der Waals surface area contributed by atoms with Gasteiger partial charge in [-0.3, -0.25) is 0 Å². The van der Waals surface area contributed by atoms with E-state index in [2.05, 4.69) is 41.5 Å². The fourth-order valence-corrected chi connectivity index (χ4v) is 10.5. The molecule has 2 heterocycles. The summed E-state index contributed by atoms with van der Waals surface area (Å²) in [5.74, 6) is 3.25. The second-order valence-electron chi connectivity index (χ2n) is 14.6. The number of carbonyl (C=O) groups is 1. The summed E-state index contributed by atoms with van der Waals surface area (Å²) < 4.78 is 18.4. The maximum Gasteiger partial charge on any atom is 0.331 e. The van der Waals surface area contributed by atoms with Crippen LogP contribution in [0.5, 0.6) is 0 Å². The number of ether oxygens (including phenoxy) is 3. The molecule has 0 amide bonds. The number of carbonyl (C=O) groups excluding carboxylic acids is 1. The third-order valence-electron chi connectivity index (χ3n) is 13.4. The van der Waals surface area contributed by atoms with Gasteiger partial charge in [0, 0.05) is 17.4 Å². The number of hydrogen-bond acceptors (Lipinski definition) is 5. The van der Waals surface area contributed by atoms with Crippen LogP contribution >= 0.6 is 0 Å². The summed E-state index contributed by atoms with van der Waals surface area (Å²) in [5, 5.41) is 12.4. The van der Waals surface area contributed by atoms with Crippen molar-refractivity contribution < 1.29 is 24.1 Å². The van der Waals surface area contributed by atoms with Gasteiger partial charge in [-0.05, 0) is 111 Å². The van der Waals surface area contributed by atoms with Gasteiger partial charge in [-0.2, -0.15) is 0 Å². The van der Waals surface area contributed by atoms with Crippen LogP contribution in [0.2, 0.25) is 0 Å². The van der Waals surface area contributed by atoms with E-state index in [9.17, 15) is 9.90 Å². The number of cyclic esters (lactones) is 1. The minimum absolute atomic E-state index is 0.0841. The van der Waals surface area contributed by atoms with Gasteiger partial charge in [0.05, 0.1) is 17.8 Å². The van der Waals surface area contributed by atoms with Crippen LogP contribution in [0.4, 0.5) is 0 Å². The van der Waals surface area contributed by atoms with E-state index in [1.807, 2.05) is 0 Å². The van der Waals surface area contributed by atoms with Crippen molar-refractivity contribution in [1.29, 1.82) is 0 Å². The highest BCUT2D eigenvalue weighted by Gasteiger charge is 2.67. The maximum absolute atomic E-state index is 12.4. The van der Waals surface area contributed by atoms with E-state index in [1.165, 1.54) is 19.3 Å². The second-order valence-corrected chi connectivity index (χ2v) is 14.6. The Morgan fingerprint density at radius 1 is 0.919 bits per heavy atom. The van der Waals surface area contributed by atoms with Crippen LogP contribution in [0.3, 0.4) is 0 Å². The lowest BCUT2D eigenvalue weighted by atomic mass is 9.43. The quantitative estimate of drug-likeness (QED) is 0.355. The number of aliphatic hydroxyl groups is 1. The smallest absolute Gasteiger partial charge is 0.331 e. The van der Waals surface area contributed by atoms with Gasteiger partial charge in [-0.1, -0.05) is 34.6 Å². The Balaban J connectivity index is 1.16. The number of fused-ring (bicyclic) bond motifs is 5. The van der Waals surface area contributed by atoms with Crippen LogP contribution in [-0.2, 0) is 19.0 Å². The SMILES string of the molecule is CC1OC(O[C@H]2CCC3(C)C4CCC5(C)[C@@H](C6=CC(=O)OC6)CC[C@]5(O)C4CC[C@@H]3C2)[C@@H](C)C(C)[C@H]1C. The molecule has 0 spiro atoms. The second kappa shape index (κ2) is 9.06. The Bertz CT molecular complexity index is 945. The van der Waals surface area contributed by atoms with Gasteiger partial charge in [0.25, 0.3) is 0 Å². The fraction of sp³-hybridized carbons (Fsp3) is 0.906. The number of hydrogen-bond donors (Lipinski definition) is 1.